The molecule has 3 aromatic carbocycles. The number of para-hydroxylation sites is 1. The predicted molar refractivity (Wildman–Crippen MR) is 118 cm³/mol. The maximum Gasteiger partial charge on any atom is 0.411 e. The van der Waals surface area contributed by atoms with E-state index in [1.807, 2.05) is 24.3 Å². The van der Waals surface area contributed by atoms with Crippen molar-refractivity contribution in [3.05, 3.63) is 95.7 Å². The molecule has 6 nitrogen and oxygen atoms in total. The molecule has 0 spiro atoms. The summed E-state index contributed by atoms with van der Waals surface area (Å²) >= 11 is 0. The van der Waals surface area contributed by atoms with Gasteiger partial charge in [0.05, 0.1) is 19.3 Å². The lowest BCUT2D eigenvalue weighted by Gasteiger charge is -2.13. The van der Waals surface area contributed by atoms with E-state index in [2.05, 4.69) is 15.4 Å². The molecule has 0 aliphatic heterocycles. The summed E-state index contributed by atoms with van der Waals surface area (Å²) in [4.78, 5) is 24.5. The van der Waals surface area contributed by atoms with Crippen LogP contribution >= 0.6 is 0 Å². The summed E-state index contributed by atoms with van der Waals surface area (Å²) in [5.41, 5.74) is 1.65. The van der Waals surface area contributed by atoms with Gasteiger partial charge in [-0.25, -0.2) is 13.6 Å². The Kier molecular flexibility index (Phi) is 5.85. The van der Waals surface area contributed by atoms with Crippen molar-refractivity contribution in [1.82, 2.24) is 4.57 Å². The van der Waals surface area contributed by atoms with E-state index in [1.165, 1.54) is 18.2 Å². The fraction of sp³-hybridized carbons (Fsp3) is 0.0833. The predicted octanol–water partition coefficient (Wildman–Crippen LogP) is 5.40. The number of halogens is 2. The number of anilines is 2. The third-order valence-electron chi connectivity index (χ3n) is 4.98. The summed E-state index contributed by atoms with van der Waals surface area (Å²) in [5, 5.41) is 5.78. The molecule has 4 rings (SSSR count). The van der Waals surface area contributed by atoms with Crippen molar-refractivity contribution in [1.29, 1.82) is 0 Å². The zero-order valence-electron chi connectivity index (χ0n) is 17.1. The Labute approximate surface area is 182 Å². The minimum absolute atomic E-state index is 0.137. The molecule has 0 aliphatic carbocycles. The Morgan fingerprint density at radius 3 is 2.44 bits per heavy atom. The number of carbonyl (C=O) groups excluding carboxylic acids is 2. The van der Waals surface area contributed by atoms with E-state index in [0.717, 1.165) is 24.1 Å². The summed E-state index contributed by atoms with van der Waals surface area (Å²) in [6.07, 6.45) is -0.836. The van der Waals surface area contributed by atoms with E-state index >= 15 is 0 Å². The molecule has 4 aromatic rings. The molecule has 0 fully saturated rings. The van der Waals surface area contributed by atoms with Gasteiger partial charge in [-0.15, -0.1) is 0 Å². The van der Waals surface area contributed by atoms with Gasteiger partial charge < -0.3 is 14.6 Å². The van der Waals surface area contributed by atoms with Crippen LogP contribution in [0, 0.1) is 11.6 Å². The minimum Gasteiger partial charge on any atom is -0.453 e. The number of amides is 2. The van der Waals surface area contributed by atoms with Crippen molar-refractivity contribution < 1.29 is 23.1 Å². The van der Waals surface area contributed by atoms with Crippen LogP contribution in [0.3, 0.4) is 0 Å². The number of ether oxygens (including phenoxy) is 1. The molecule has 0 bridgehead atoms. The zero-order chi connectivity index (χ0) is 22.7. The normalized spacial score (nSPS) is 10.7. The van der Waals surface area contributed by atoms with Crippen LogP contribution in [0.5, 0.6) is 0 Å². The second kappa shape index (κ2) is 8.89. The number of aromatic nitrogens is 1. The van der Waals surface area contributed by atoms with Crippen molar-refractivity contribution in [3.63, 3.8) is 0 Å². The third-order valence-corrected chi connectivity index (χ3v) is 4.98. The highest BCUT2D eigenvalue weighted by Gasteiger charge is 2.18. The van der Waals surface area contributed by atoms with E-state index < -0.39 is 17.8 Å². The number of hydrogen-bond donors (Lipinski definition) is 2. The number of nitrogens with one attached hydrogen (secondary N) is 2. The van der Waals surface area contributed by atoms with Crippen LogP contribution in [-0.2, 0) is 11.3 Å². The number of rotatable bonds is 5. The largest absolute Gasteiger partial charge is 0.453 e. The number of fused-ring (bicyclic) bond motifs is 1. The molecular weight excluding hydrogens is 416 g/mol. The van der Waals surface area contributed by atoms with Crippen molar-refractivity contribution in [2.24, 2.45) is 0 Å². The lowest BCUT2D eigenvalue weighted by molar-refractivity contribution is 0.101. The lowest BCUT2D eigenvalue weighted by Crippen LogP contribution is -2.18. The maximum atomic E-state index is 14.3. The number of methoxy groups -OCH3 is 1. The second-order valence-electron chi connectivity index (χ2n) is 7.03. The standard InChI is InChI=1S/C24H19F2N3O3/c1-32-24(31)28-20-13-17(10-11-19(20)26)27-23(30)22-12-15-6-3-5-9-21(15)29(22)14-16-7-2-4-8-18(16)25/h2-13H,14H2,1H3,(H,27,30)(H,28,31). The van der Waals surface area contributed by atoms with Gasteiger partial charge in [0.1, 0.15) is 17.3 Å². The van der Waals surface area contributed by atoms with Gasteiger partial charge in [-0.3, -0.25) is 10.1 Å². The summed E-state index contributed by atoms with van der Waals surface area (Å²) in [6.45, 7) is 0.154. The quantitative estimate of drug-likeness (QED) is 0.441. The van der Waals surface area contributed by atoms with E-state index in [4.69, 9.17) is 0 Å². The first kappa shape index (κ1) is 21.0. The molecule has 0 saturated heterocycles. The topological polar surface area (TPSA) is 72.4 Å². The Morgan fingerprint density at radius 2 is 1.66 bits per heavy atom. The molecule has 0 radical (unpaired) electrons. The average Bonchev–Trinajstić information content (AvgIpc) is 3.16. The smallest absolute Gasteiger partial charge is 0.411 e. The first-order chi connectivity index (χ1) is 15.5. The van der Waals surface area contributed by atoms with Crippen LogP contribution in [-0.4, -0.2) is 23.7 Å². The Bertz CT molecular complexity index is 1320. The van der Waals surface area contributed by atoms with Gasteiger partial charge in [0.25, 0.3) is 5.91 Å². The van der Waals surface area contributed by atoms with Crippen LogP contribution < -0.4 is 10.6 Å². The molecule has 1 aromatic heterocycles. The fourth-order valence-corrected chi connectivity index (χ4v) is 3.42. The number of hydrogen-bond acceptors (Lipinski definition) is 3. The minimum atomic E-state index is -0.836. The molecule has 1 heterocycles. The first-order valence-electron chi connectivity index (χ1n) is 9.74. The molecule has 162 valence electrons. The van der Waals surface area contributed by atoms with Crippen LogP contribution in [0.1, 0.15) is 16.1 Å². The van der Waals surface area contributed by atoms with Crippen molar-refractivity contribution >= 4 is 34.3 Å². The van der Waals surface area contributed by atoms with Gasteiger partial charge in [0.15, 0.2) is 0 Å². The highest BCUT2D eigenvalue weighted by atomic mass is 19.1. The van der Waals surface area contributed by atoms with Gasteiger partial charge in [-0.2, -0.15) is 0 Å². The van der Waals surface area contributed by atoms with Crippen molar-refractivity contribution in [3.8, 4) is 0 Å². The number of benzene rings is 3. The maximum absolute atomic E-state index is 14.3. The molecule has 8 heteroatoms. The van der Waals surface area contributed by atoms with E-state index in [-0.39, 0.29) is 23.7 Å². The van der Waals surface area contributed by atoms with Crippen molar-refractivity contribution in [2.75, 3.05) is 17.7 Å². The molecule has 2 N–H and O–H groups in total. The second-order valence-corrected chi connectivity index (χ2v) is 7.03. The highest BCUT2D eigenvalue weighted by Crippen LogP contribution is 2.25. The van der Waals surface area contributed by atoms with Gasteiger partial charge in [-0.1, -0.05) is 36.4 Å². The molecule has 32 heavy (non-hydrogen) atoms. The summed E-state index contributed by atoms with van der Waals surface area (Å²) in [5.74, 6) is -1.51. The first-order valence-corrected chi connectivity index (χ1v) is 9.74. The van der Waals surface area contributed by atoms with Gasteiger partial charge in [0.2, 0.25) is 0 Å². The molecule has 0 aliphatic rings. The van der Waals surface area contributed by atoms with E-state index in [0.29, 0.717) is 11.3 Å². The fourth-order valence-electron chi connectivity index (χ4n) is 3.42. The lowest BCUT2D eigenvalue weighted by atomic mass is 10.2. The summed E-state index contributed by atoms with van der Waals surface area (Å²) in [6, 6.07) is 19.3. The van der Waals surface area contributed by atoms with E-state index in [9.17, 15) is 18.4 Å². The van der Waals surface area contributed by atoms with Crippen LogP contribution in [0.2, 0.25) is 0 Å². The monoisotopic (exact) mass is 435 g/mol. The average molecular weight is 435 g/mol. The highest BCUT2D eigenvalue weighted by molar-refractivity contribution is 6.06. The van der Waals surface area contributed by atoms with E-state index in [1.54, 1.807) is 28.8 Å². The SMILES string of the molecule is COC(=O)Nc1cc(NC(=O)c2cc3ccccc3n2Cc2ccccc2F)ccc1F. The molecule has 0 saturated carbocycles. The summed E-state index contributed by atoms with van der Waals surface area (Å²) < 4.78 is 34.5. The van der Waals surface area contributed by atoms with Crippen LogP contribution in [0.25, 0.3) is 10.9 Å². The van der Waals surface area contributed by atoms with Crippen LogP contribution in [0.15, 0.2) is 72.8 Å². The van der Waals surface area contributed by atoms with Crippen molar-refractivity contribution in [2.45, 2.75) is 6.54 Å². The van der Waals surface area contributed by atoms with Gasteiger partial charge in [0, 0.05) is 22.2 Å². The van der Waals surface area contributed by atoms with Gasteiger partial charge >= 0.3 is 6.09 Å². The Balaban J connectivity index is 1.68. The zero-order valence-corrected chi connectivity index (χ0v) is 17.1. The Hall–Kier alpha value is -4.20. The Morgan fingerprint density at radius 1 is 0.906 bits per heavy atom. The summed E-state index contributed by atoms with van der Waals surface area (Å²) in [7, 11) is 1.16. The molecular formula is C24H19F2N3O3. The molecule has 0 unspecified atom stereocenters. The molecule has 0 atom stereocenters. The van der Waals surface area contributed by atoms with Gasteiger partial charge in [-0.05, 0) is 36.4 Å². The molecule has 2 amide bonds. The number of nitrogens with zero attached hydrogens (tertiary/aromatic N) is 1. The van der Waals surface area contributed by atoms with Crippen LogP contribution in [0.4, 0.5) is 25.0 Å². The number of carbonyl (C=O) groups is 2. The third kappa shape index (κ3) is 4.29.